The highest BCUT2D eigenvalue weighted by Gasteiger charge is 2.35. The minimum atomic E-state index is -1.07. The lowest BCUT2D eigenvalue weighted by atomic mass is 10.0. The van der Waals surface area contributed by atoms with Gasteiger partial charge in [0, 0.05) is 13.1 Å². The van der Waals surface area contributed by atoms with E-state index in [9.17, 15) is 18.8 Å². The van der Waals surface area contributed by atoms with Crippen LogP contribution in [0.15, 0.2) is 78.9 Å². The van der Waals surface area contributed by atoms with Crippen molar-refractivity contribution < 1.29 is 18.8 Å². The molecule has 5 N–H and O–H groups in total. The monoisotopic (exact) mass is 531 g/mol. The van der Waals surface area contributed by atoms with Crippen LogP contribution in [-0.4, -0.2) is 27.0 Å². The zero-order valence-corrected chi connectivity index (χ0v) is 21.4. The third-order valence-corrected chi connectivity index (χ3v) is 6.80. The Morgan fingerprint density at radius 3 is 2.24 bits per heavy atom. The highest BCUT2D eigenvalue weighted by Crippen LogP contribution is 2.30. The smallest absolute Gasteiger partial charge is 0.270 e. The van der Waals surface area contributed by atoms with E-state index in [1.54, 1.807) is 12.1 Å². The molecule has 3 aromatic carbocycles. The van der Waals surface area contributed by atoms with Crippen LogP contribution in [0.25, 0.3) is 0 Å². The summed E-state index contributed by atoms with van der Waals surface area (Å²) in [6, 6.07) is 21.2. The number of nitrogens with two attached hydrogens (primary N) is 2. The fourth-order valence-electron chi connectivity index (χ4n) is 3.93. The Bertz CT molecular complexity index is 1440. The molecule has 0 radical (unpaired) electrons. The first-order valence-corrected chi connectivity index (χ1v) is 12.5. The molecule has 0 saturated heterocycles. The van der Waals surface area contributed by atoms with Crippen molar-refractivity contribution >= 4 is 34.9 Å². The van der Waals surface area contributed by atoms with E-state index in [0.29, 0.717) is 11.1 Å². The minimum absolute atomic E-state index is 0.0196. The molecule has 10 heteroatoms. The number of benzene rings is 3. The topological polar surface area (TPSA) is 131 Å². The van der Waals surface area contributed by atoms with E-state index < -0.39 is 29.6 Å². The van der Waals surface area contributed by atoms with E-state index in [2.05, 4.69) is 9.69 Å². The summed E-state index contributed by atoms with van der Waals surface area (Å²) < 4.78 is 17.6. The van der Waals surface area contributed by atoms with Crippen LogP contribution in [0.3, 0.4) is 0 Å². The summed E-state index contributed by atoms with van der Waals surface area (Å²) >= 11 is 0.732. The van der Waals surface area contributed by atoms with Gasteiger partial charge in [-0.05, 0) is 47.3 Å². The number of carbonyl (C=O) groups is 3. The Balaban J connectivity index is 1.77. The van der Waals surface area contributed by atoms with E-state index in [-0.39, 0.29) is 29.3 Å². The number of primary amides is 1. The Labute approximate surface area is 223 Å². The van der Waals surface area contributed by atoms with Gasteiger partial charge >= 0.3 is 0 Å². The zero-order chi connectivity index (χ0) is 27.2. The van der Waals surface area contributed by atoms with Crippen LogP contribution in [0.4, 0.5) is 10.1 Å². The predicted molar refractivity (Wildman–Crippen MR) is 144 cm³/mol. The van der Waals surface area contributed by atoms with E-state index >= 15 is 0 Å². The van der Waals surface area contributed by atoms with Gasteiger partial charge in [0.2, 0.25) is 5.91 Å². The first-order valence-electron chi connectivity index (χ1n) is 11.7. The summed E-state index contributed by atoms with van der Waals surface area (Å²) in [5.74, 6) is -2.33. The lowest BCUT2D eigenvalue weighted by Gasteiger charge is -2.31. The molecule has 0 spiro atoms. The summed E-state index contributed by atoms with van der Waals surface area (Å²) in [6.45, 7) is 2.12. The Morgan fingerprint density at radius 2 is 1.63 bits per heavy atom. The third-order valence-electron chi connectivity index (χ3n) is 5.95. The van der Waals surface area contributed by atoms with Gasteiger partial charge in [-0.25, -0.2) is 4.39 Å². The Kier molecular flexibility index (Phi) is 8.12. The maximum absolute atomic E-state index is 13.9. The average Bonchev–Trinajstić information content (AvgIpc) is 3.31. The molecule has 194 valence electrons. The molecule has 0 aliphatic rings. The van der Waals surface area contributed by atoms with Gasteiger partial charge in [0.15, 0.2) is 5.69 Å². The van der Waals surface area contributed by atoms with E-state index in [1.165, 1.54) is 29.2 Å². The zero-order valence-electron chi connectivity index (χ0n) is 20.6. The molecule has 0 aliphatic heterocycles. The molecule has 4 rings (SSSR count). The number of nitrogens with zero attached hydrogens (tertiary/aromatic N) is 2. The predicted octanol–water partition coefficient (Wildman–Crippen LogP) is 3.97. The van der Waals surface area contributed by atoms with Crippen LogP contribution in [-0.2, 0) is 17.9 Å². The van der Waals surface area contributed by atoms with Gasteiger partial charge in [-0.15, -0.1) is 0 Å². The third kappa shape index (κ3) is 6.04. The van der Waals surface area contributed by atoms with Gasteiger partial charge in [0.1, 0.15) is 16.7 Å². The van der Waals surface area contributed by atoms with Crippen LogP contribution in [0, 0.1) is 12.7 Å². The molecule has 1 aromatic heterocycles. The van der Waals surface area contributed by atoms with Crippen molar-refractivity contribution in [2.75, 3.05) is 5.73 Å². The molecular weight excluding hydrogens is 505 g/mol. The summed E-state index contributed by atoms with van der Waals surface area (Å²) in [7, 11) is 0. The number of hydrogen-bond donors (Lipinski definition) is 3. The average molecular weight is 532 g/mol. The van der Waals surface area contributed by atoms with Crippen molar-refractivity contribution in [1.82, 2.24) is 14.6 Å². The molecule has 0 unspecified atom stereocenters. The number of halogens is 1. The number of aromatic nitrogens is 1. The number of carbonyl (C=O) groups excluding carboxylic acids is 3. The maximum Gasteiger partial charge on any atom is 0.270 e. The summed E-state index contributed by atoms with van der Waals surface area (Å²) in [5, 5.41) is 2.92. The molecular formula is C28H26FN5O3S. The van der Waals surface area contributed by atoms with Gasteiger partial charge in [0.25, 0.3) is 11.8 Å². The molecule has 8 nitrogen and oxygen atoms in total. The highest BCUT2D eigenvalue weighted by atomic mass is 32.1. The molecule has 4 aromatic rings. The normalized spacial score (nSPS) is 11.5. The molecule has 1 atom stereocenters. The van der Waals surface area contributed by atoms with E-state index in [4.69, 9.17) is 11.5 Å². The second-order valence-corrected chi connectivity index (χ2v) is 9.49. The minimum Gasteiger partial charge on any atom is -0.395 e. The number of anilines is 1. The highest BCUT2D eigenvalue weighted by molar-refractivity contribution is 7.09. The second kappa shape index (κ2) is 11.7. The SMILES string of the molecule is Cc1ccc([C@H](C(=O)NCc2ccccc2)N(Cc2ccc(F)cc2)C(=O)c2snc(C(N)=O)c2N)cc1. The molecule has 0 saturated carbocycles. The Morgan fingerprint density at radius 1 is 0.974 bits per heavy atom. The van der Waals surface area contributed by atoms with Crippen LogP contribution in [0.5, 0.6) is 0 Å². The second-order valence-electron chi connectivity index (χ2n) is 8.71. The number of nitrogens with one attached hydrogen (secondary N) is 1. The molecule has 0 bridgehead atoms. The lowest BCUT2D eigenvalue weighted by Crippen LogP contribution is -2.43. The fourth-order valence-corrected chi connectivity index (χ4v) is 4.69. The molecule has 0 aliphatic carbocycles. The van der Waals surface area contributed by atoms with Gasteiger partial charge < -0.3 is 21.7 Å². The van der Waals surface area contributed by atoms with Gasteiger partial charge in [0.05, 0.1) is 5.69 Å². The standard InChI is InChI=1S/C28H26FN5O3S/c1-17-7-11-20(12-8-17)24(27(36)32-15-18-5-3-2-4-6-18)34(16-19-9-13-21(29)14-10-19)28(37)25-22(30)23(26(31)35)33-38-25/h2-14,24H,15-16,30H2,1H3,(H2,31,35)(H,32,36)/t24-/m1/s1. The van der Waals surface area contributed by atoms with Crippen LogP contribution in [0.2, 0.25) is 0 Å². The maximum atomic E-state index is 13.9. The molecule has 3 amide bonds. The summed E-state index contributed by atoms with van der Waals surface area (Å²) in [4.78, 5) is 40.7. The largest absolute Gasteiger partial charge is 0.395 e. The quantitative estimate of drug-likeness (QED) is 0.301. The fraction of sp³-hybridized carbons (Fsp3) is 0.143. The first-order chi connectivity index (χ1) is 18.2. The number of hydrogen-bond acceptors (Lipinski definition) is 6. The van der Waals surface area contributed by atoms with Crippen LogP contribution >= 0.6 is 11.5 Å². The number of rotatable bonds is 9. The summed E-state index contributed by atoms with van der Waals surface area (Å²) in [5.41, 5.74) is 14.1. The van der Waals surface area contributed by atoms with Gasteiger partial charge in [-0.1, -0.05) is 72.3 Å². The number of amides is 3. The van der Waals surface area contributed by atoms with E-state index in [0.717, 1.165) is 22.7 Å². The van der Waals surface area contributed by atoms with Crippen molar-refractivity contribution in [3.8, 4) is 0 Å². The lowest BCUT2D eigenvalue weighted by molar-refractivity contribution is -0.126. The van der Waals surface area contributed by atoms with E-state index in [1.807, 2.05) is 49.4 Å². The molecule has 0 fully saturated rings. The summed E-state index contributed by atoms with van der Waals surface area (Å²) in [6.07, 6.45) is 0. The Hall–Kier alpha value is -4.57. The van der Waals surface area contributed by atoms with Gasteiger partial charge in [-0.2, -0.15) is 4.37 Å². The first kappa shape index (κ1) is 26.5. The number of nitrogen functional groups attached to an aromatic ring is 1. The molecule has 1 heterocycles. The van der Waals surface area contributed by atoms with Crippen molar-refractivity contribution in [3.05, 3.63) is 118 Å². The van der Waals surface area contributed by atoms with Crippen molar-refractivity contribution in [3.63, 3.8) is 0 Å². The molecule has 38 heavy (non-hydrogen) atoms. The van der Waals surface area contributed by atoms with Crippen molar-refractivity contribution in [2.24, 2.45) is 5.73 Å². The van der Waals surface area contributed by atoms with Crippen LogP contribution < -0.4 is 16.8 Å². The van der Waals surface area contributed by atoms with Gasteiger partial charge in [-0.3, -0.25) is 14.4 Å². The van der Waals surface area contributed by atoms with Crippen molar-refractivity contribution in [1.29, 1.82) is 0 Å². The van der Waals surface area contributed by atoms with Crippen molar-refractivity contribution in [2.45, 2.75) is 26.1 Å². The van der Waals surface area contributed by atoms with Crippen LogP contribution in [0.1, 0.15) is 48.5 Å². The number of aryl methyl sites for hydroxylation is 1.